The number of hydrogen-bond acceptors (Lipinski definition) is 7. The second-order valence-electron chi connectivity index (χ2n) is 11.0. The molecule has 0 aliphatic carbocycles. The number of likely N-dealkylation sites (tertiary alicyclic amines) is 1. The van der Waals surface area contributed by atoms with E-state index in [0.29, 0.717) is 53.4 Å². The summed E-state index contributed by atoms with van der Waals surface area (Å²) in [5.74, 6) is -0.309. The highest BCUT2D eigenvalue weighted by Crippen LogP contribution is 2.25. The quantitative estimate of drug-likeness (QED) is 0.229. The first kappa shape index (κ1) is 28.9. The number of ether oxygens (including phenoxy) is 2. The number of hydrogen-bond donors (Lipinski definition) is 4. The van der Waals surface area contributed by atoms with Crippen LogP contribution in [0.3, 0.4) is 0 Å². The molecule has 1 saturated heterocycles. The number of anilines is 2. The molecule has 5 rings (SSSR count). The molecule has 4 N–H and O–H groups in total. The average molecular weight is 594 g/mol. The Kier molecular flexibility index (Phi) is 8.08. The van der Waals surface area contributed by atoms with Gasteiger partial charge in [0.25, 0.3) is 11.8 Å². The largest absolute Gasteiger partial charge is 0.490 e. The SMILES string of the molecule is Cc1ccc(Cl)cc1NC(=O)c1nc[nH]c1C(=O)Nc1nc2ccc(OC3CCN(C(=O)OC(C)(C)C)CC3)cc2[nH]1. The molecule has 0 atom stereocenters. The van der Waals surface area contributed by atoms with Gasteiger partial charge in [-0.15, -0.1) is 0 Å². The van der Waals surface area contributed by atoms with E-state index in [4.69, 9.17) is 21.1 Å². The highest BCUT2D eigenvalue weighted by atomic mass is 35.5. The van der Waals surface area contributed by atoms with Crippen LogP contribution in [0.15, 0.2) is 42.7 Å². The number of fused-ring (bicyclic) bond motifs is 1. The minimum atomic E-state index is -0.590. The number of nitrogens with zero attached hydrogens (tertiary/aromatic N) is 3. The molecule has 0 radical (unpaired) electrons. The van der Waals surface area contributed by atoms with Crippen molar-refractivity contribution in [2.24, 2.45) is 0 Å². The van der Waals surface area contributed by atoms with E-state index in [1.54, 1.807) is 35.2 Å². The van der Waals surface area contributed by atoms with Gasteiger partial charge in [-0.1, -0.05) is 17.7 Å². The number of carbonyl (C=O) groups excluding carboxylic acids is 3. The third kappa shape index (κ3) is 6.82. The number of rotatable bonds is 6. The van der Waals surface area contributed by atoms with Crippen molar-refractivity contribution in [2.45, 2.75) is 52.2 Å². The molecule has 13 heteroatoms. The molecular weight excluding hydrogens is 562 g/mol. The number of aromatic amines is 2. The maximum Gasteiger partial charge on any atom is 0.410 e. The van der Waals surface area contributed by atoms with E-state index in [-0.39, 0.29) is 29.5 Å². The first-order valence-electron chi connectivity index (χ1n) is 13.5. The van der Waals surface area contributed by atoms with Crippen molar-refractivity contribution in [3.8, 4) is 5.75 Å². The fraction of sp³-hybridized carbons (Fsp3) is 0.345. The van der Waals surface area contributed by atoms with Crippen LogP contribution in [0.1, 0.15) is 60.2 Å². The maximum atomic E-state index is 13.0. The monoisotopic (exact) mass is 593 g/mol. The summed E-state index contributed by atoms with van der Waals surface area (Å²) in [6.07, 6.45) is 2.27. The molecule has 42 heavy (non-hydrogen) atoms. The van der Waals surface area contributed by atoms with Crippen LogP contribution in [0.25, 0.3) is 11.0 Å². The summed E-state index contributed by atoms with van der Waals surface area (Å²) in [6, 6.07) is 10.5. The van der Waals surface area contributed by atoms with E-state index >= 15 is 0 Å². The second-order valence-corrected chi connectivity index (χ2v) is 11.5. The molecule has 0 saturated carbocycles. The van der Waals surface area contributed by atoms with Gasteiger partial charge in [0.1, 0.15) is 23.1 Å². The van der Waals surface area contributed by atoms with Crippen LogP contribution in [0.5, 0.6) is 5.75 Å². The number of imidazole rings is 2. The van der Waals surface area contributed by atoms with Gasteiger partial charge in [-0.25, -0.2) is 14.8 Å². The summed E-state index contributed by atoms with van der Waals surface area (Å²) in [7, 11) is 0. The minimum absolute atomic E-state index is 0.0191. The van der Waals surface area contributed by atoms with Crippen molar-refractivity contribution in [1.82, 2.24) is 24.8 Å². The van der Waals surface area contributed by atoms with Gasteiger partial charge in [-0.2, -0.15) is 0 Å². The van der Waals surface area contributed by atoms with Crippen molar-refractivity contribution >= 4 is 52.2 Å². The fourth-order valence-electron chi connectivity index (χ4n) is 4.52. The van der Waals surface area contributed by atoms with Gasteiger partial charge < -0.3 is 29.7 Å². The summed E-state index contributed by atoms with van der Waals surface area (Å²) < 4.78 is 11.6. The number of benzene rings is 2. The Hall–Kier alpha value is -4.58. The Labute approximate surface area is 247 Å². The van der Waals surface area contributed by atoms with Crippen LogP contribution in [-0.4, -0.2) is 67.5 Å². The van der Waals surface area contributed by atoms with Gasteiger partial charge in [-0.3, -0.25) is 14.9 Å². The van der Waals surface area contributed by atoms with Crippen molar-refractivity contribution in [3.63, 3.8) is 0 Å². The number of nitrogens with one attached hydrogen (secondary N) is 4. The summed E-state index contributed by atoms with van der Waals surface area (Å²) in [4.78, 5) is 54.2. The predicted molar refractivity (Wildman–Crippen MR) is 158 cm³/mol. The molecule has 3 amide bonds. The summed E-state index contributed by atoms with van der Waals surface area (Å²) in [6.45, 7) is 8.48. The van der Waals surface area contributed by atoms with Crippen molar-refractivity contribution < 1.29 is 23.9 Å². The lowest BCUT2D eigenvalue weighted by molar-refractivity contribution is 0.0126. The first-order valence-corrected chi connectivity index (χ1v) is 13.9. The van der Waals surface area contributed by atoms with Gasteiger partial charge in [0.05, 0.1) is 17.4 Å². The molecule has 1 aliphatic heterocycles. The highest BCUT2D eigenvalue weighted by Gasteiger charge is 2.28. The normalized spacial score (nSPS) is 14.1. The standard InChI is InChI=1S/C29H32ClN7O5/c1-16-5-6-17(30)13-21(16)33-25(38)23-24(32-15-31-23)26(39)36-27-34-20-8-7-19(14-22(20)35-27)41-18-9-11-37(12-10-18)28(40)42-29(2,3)4/h5-8,13-15,18H,9-12H2,1-4H3,(H,31,32)(H,33,38)(H2,34,35,36,39). The molecule has 1 fully saturated rings. The molecule has 220 valence electrons. The van der Waals surface area contributed by atoms with Crippen LogP contribution >= 0.6 is 11.6 Å². The number of H-pyrrole nitrogens is 2. The lowest BCUT2D eigenvalue weighted by Gasteiger charge is -2.33. The van der Waals surface area contributed by atoms with Gasteiger partial charge in [0.2, 0.25) is 5.95 Å². The topological polar surface area (TPSA) is 154 Å². The number of halogens is 1. The lowest BCUT2D eigenvalue weighted by atomic mass is 10.1. The zero-order valence-electron chi connectivity index (χ0n) is 23.7. The molecule has 0 spiro atoms. The molecule has 3 heterocycles. The number of piperidine rings is 1. The Balaban J connectivity index is 1.20. The Morgan fingerprint density at radius 1 is 1.05 bits per heavy atom. The van der Waals surface area contributed by atoms with Crippen molar-refractivity contribution in [3.05, 3.63) is 64.7 Å². The summed E-state index contributed by atoms with van der Waals surface area (Å²) >= 11 is 6.05. The summed E-state index contributed by atoms with van der Waals surface area (Å²) in [5.41, 5.74) is 1.99. The molecule has 12 nitrogen and oxygen atoms in total. The molecule has 4 aromatic rings. The molecular formula is C29H32ClN7O5. The third-order valence-electron chi connectivity index (χ3n) is 6.61. The van der Waals surface area contributed by atoms with Gasteiger partial charge in [-0.05, 0) is 57.5 Å². The van der Waals surface area contributed by atoms with E-state index < -0.39 is 17.4 Å². The predicted octanol–water partition coefficient (Wildman–Crippen LogP) is 5.53. The van der Waals surface area contributed by atoms with Gasteiger partial charge in [0, 0.05) is 42.7 Å². The number of aryl methyl sites for hydroxylation is 1. The van der Waals surface area contributed by atoms with Crippen LogP contribution in [-0.2, 0) is 4.74 Å². The van der Waals surface area contributed by atoms with E-state index in [0.717, 1.165) is 5.56 Å². The summed E-state index contributed by atoms with van der Waals surface area (Å²) in [5, 5.41) is 5.89. The van der Waals surface area contributed by atoms with Crippen molar-refractivity contribution in [2.75, 3.05) is 23.7 Å². The molecule has 2 aromatic carbocycles. The van der Waals surface area contributed by atoms with Crippen molar-refractivity contribution in [1.29, 1.82) is 0 Å². The Morgan fingerprint density at radius 2 is 1.81 bits per heavy atom. The lowest BCUT2D eigenvalue weighted by Crippen LogP contribution is -2.44. The zero-order chi connectivity index (χ0) is 30.0. The maximum absolute atomic E-state index is 13.0. The van der Waals surface area contributed by atoms with Gasteiger partial charge in [0.15, 0.2) is 5.69 Å². The second kappa shape index (κ2) is 11.7. The fourth-order valence-corrected chi connectivity index (χ4v) is 4.69. The Morgan fingerprint density at radius 3 is 2.55 bits per heavy atom. The minimum Gasteiger partial charge on any atom is -0.490 e. The third-order valence-corrected chi connectivity index (χ3v) is 6.85. The van der Waals surface area contributed by atoms with Crippen LogP contribution in [0.4, 0.5) is 16.4 Å². The molecule has 1 aliphatic rings. The zero-order valence-corrected chi connectivity index (χ0v) is 24.5. The van der Waals surface area contributed by atoms with E-state index in [9.17, 15) is 14.4 Å². The molecule has 2 aromatic heterocycles. The molecule has 0 bridgehead atoms. The Bertz CT molecular complexity index is 1630. The smallest absolute Gasteiger partial charge is 0.410 e. The first-order chi connectivity index (χ1) is 19.9. The van der Waals surface area contributed by atoms with Crippen LogP contribution < -0.4 is 15.4 Å². The number of aromatic nitrogens is 4. The van der Waals surface area contributed by atoms with E-state index in [1.807, 2.05) is 33.8 Å². The van der Waals surface area contributed by atoms with Gasteiger partial charge >= 0.3 is 6.09 Å². The number of carbonyl (C=O) groups is 3. The van der Waals surface area contributed by atoms with Crippen LogP contribution in [0, 0.1) is 6.92 Å². The molecule has 0 unspecified atom stereocenters. The number of amides is 3. The van der Waals surface area contributed by atoms with Crippen LogP contribution in [0.2, 0.25) is 5.02 Å². The van der Waals surface area contributed by atoms with E-state index in [1.165, 1.54) is 6.33 Å². The highest BCUT2D eigenvalue weighted by molar-refractivity contribution is 6.31. The average Bonchev–Trinajstić information content (AvgIpc) is 3.57. The van der Waals surface area contributed by atoms with E-state index in [2.05, 4.69) is 30.6 Å².